The summed E-state index contributed by atoms with van der Waals surface area (Å²) in [6.07, 6.45) is -8.00. The van der Waals surface area contributed by atoms with Gasteiger partial charge in [-0.25, -0.2) is 9.97 Å². The zero-order valence-electron chi connectivity index (χ0n) is 20.2. The number of likely N-dealkylation sites (N-methyl/N-ethyl adjacent to an activating group) is 1. The molecule has 208 valence electrons. The van der Waals surface area contributed by atoms with Gasteiger partial charge in [-0.3, -0.25) is 4.79 Å². The Labute approximate surface area is 232 Å². The van der Waals surface area contributed by atoms with Crippen molar-refractivity contribution in [2.45, 2.75) is 30.2 Å². The first-order chi connectivity index (χ1) is 18.3. The molecule has 1 aromatic carbocycles. The molecule has 0 bridgehead atoms. The van der Waals surface area contributed by atoms with Crippen LogP contribution in [0.5, 0.6) is 0 Å². The lowest BCUT2D eigenvalue weighted by Gasteiger charge is -2.26. The Balaban J connectivity index is 1.51. The molecule has 1 amide bonds. The average Bonchev–Trinajstić information content (AvgIpc) is 3.20. The van der Waals surface area contributed by atoms with Crippen LogP contribution in [0.3, 0.4) is 0 Å². The van der Waals surface area contributed by atoms with Gasteiger partial charge in [-0.15, -0.1) is 23.1 Å². The molecule has 0 spiro atoms. The molecule has 15 heteroatoms. The number of fused-ring (bicyclic) bond motifs is 2. The van der Waals surface area contributed by atoms with Crippen molar-refractivity contribution in [3.63, 3.8) is 0 Å². The average molecular weight is 608 g/mol. The number of amides is 1. The van der Waals surface area contributed by atoms with Crippen molar-refractivity contribution in [2.24, 2.45) is 0 Å². The van der Waals surface area contributed by atoms with Crippen LogP contribution in [0.4, 0.5) is 38.0 Å². The number of hydrogen-bond donors (Lipinski definition) is 1. The molecule has 0 unspecified atom stereocenters. The van der Waals surface area contributed by atoms with Crippen molar-refractivity contribution in [3.05, 3.63) is 51.0 Å². The van der Waals surface area contributed by atoms with Crippen molar-refractivity contribution in [3.8, 4) is 10.6 Å². The van der Waals surface area contributed by atoms with Gasteiger partial charge in [0.15, 0.2) is 0 Å². The number of nitrogens with zero attached hydrogens (tertiary/aromatic N) is 4. The van der Waals surface area contributed by atoms with Crippen LogP contribution in [0, 0.1) is 0 Å². The molecule has 2 aromatic heterocycles. The molecular formula is C24H20ClF6N5OS2. The third-order valence-electron chi connectivity index (χ3n) is 6.23. The van der Waals surface area contributed by atoms with Crippen molar-refractivity contribution in [1.82, 2.24) is 19.8 Å². The Kier molecular flexibility index (Phi) is 7.50. The number of thioether (sulfide) groups is 1. The number of thiophene rings is 1. The predicted octanol–water partition coefficient (Wildman–Crippen LogP) is 6.72. The van der Waals surface area contributed by atoms with E-state index in [2.05, 4.69) is 20.2 Å². The normalized spacial score (nSPS) is 16.6. The van der Waals surface area contributed by atoms with Gasteiger partial charge in [0.25, 0.3) is 5.91 Å². The lowest BCUT2D eigenvalue weighted by Crippen LogP contribution is -2.39. The molecule has 0 atom stereocenters. The number of carbonyl (C=O) groups is 1. The number of benzene rings is 1. The van der Waals surface area contributed by atoms with Gasteiger partial charge in [0, 0.05) is 36.5 Å². The van der Waals surface area contributed by atoms with Crippen molar-refractivity contribution in [1.29, 1.82) is 0 Å². The highest BCUT2D eigenvalue weighted by Gasteiger charge is 2.38. The van der Waals surface area contributed by atoms with Crippen molar-refractivity contribution >= 4 is 52.2 Å². The summed E-state index contributed by atoms with van der Waals surface area (Å²) in [7, 11) is 1.99. The van der Waals surface area contributed by atoms with Gasteiger partial charge in [-0.1, -0.05) is 11.6 Å². The summed E-state index contributed by atoms with van der Waals surface area (Å²) < 4.78 is 80.7. The minimum absolute atomic E-state index is 0.00735. The third-order valence-corrected chi connectivity index (χ3v) is 8.83. The van der Waals surface area contributed by atoms with E-state index in [-0.39, 0.29) is 28.0 Å². The number of alkyl halides is 6. The first kappa shape index (κ1) is 28.0. The molecule has 0 radical (unpaired) electrons. The summed E-state index contributed by atoms with van der Waals surface area (Å²) in [6.45, 7) is -0.00910. The maximum atomic E-state index is 13.9. The Hall–Kier alpha value is -2.55. The third kappa shape index (κ3) is 6.13. The summed E-state index contributed by atoms with van der Waals surface area (Å²) in [5.74, 6) is -0.856. The summed E-state index contributed by atoms with van der Waals surface area (Å²) >= 11 is 8.23. The zero-order chi connectivity index (χ0) is 28.1. The molecule has 39 heavy (non-hydrogen) atoms. The lowest BCUT2D eigenvalue weighted by atomic mass is 9.99. The van der Waals surface area contributed by atoms with Crippen LogP contribution in [0.2, 0.25) is 5.02 Å². The molecule has 0 saturated carbocycles. The highest BCUT2D eigenvalue weighted by molar-refractivity contribution is 7.99. The van der Waals surface area contributed by atoms with E-state index in [9.17, 15) is 31.1 Å². The van der Waals surface area contributed by atoms with E-state index < -0.39 is 36.1 Å². The summed E-state index contributed by atoms with van der Waals surface area (Å²) in [4.78, 5) is 23.9. The first-order valence-corrected chi connectivity index (χ1v) is 13.8. The fraction of sp³-hybridized carbons (Fsp3) is 0.375. The minimum atomic E-state index is -4.82. The highest BCUT2D eigenvalue weighted by atomic mass is 35.5. The first-order valence-electron chi connectivity index (χ1n) is 11.6. The SMILES string of the molecule is CN1CCc2cc(Nc3ncc(C(F)(F)F)c(-c4cc5c(s4)C(=O)N(CC(F)(F)F)CCS5)n3)c(Cl)cc2C1. The number of anilines is 2. The van der Waals surface area contributed by atoms with Crippen LogP contribution < -0.4 is 5.32 Å². The van der Waals surface area contributed by atoms with E-state index in [1.165, 1.54) is 6.07 Å². The second-order valence-electron chi connectivity index (χ2n) is 9.16. The van der Waals surface area contributed by atoms with Gasteiger partial charge in [-0.2, -0.15) is 26.3 Å². The monoisotopic (exact) mass is 607 g/mol. The summed E-state index contributed by atoms with van der Waals surface area (Å²) in [5, 5.41) is 3.25. The number of halogens is 7. The molecule has 5 rings (SSSR count). The molecule has 4 heterocycles. The topological polar surface area (TPSA) is 61.4 Å². The predicted molar refractivity (Wildman–Crippen MR) is 138 cm³/mol. The van der Waals surface area contributed by atoms with Crippen LogP contribution in [0.25, 0.3) is 10.6 Å². The molecule has 6 nitrogen and oxygen atoms in total. The quantitative estimate of drug-likeness (QED) is 0.332. The largest absolute Gasteiger partial charge is 0.420 e. The van der Waals surface area contributed by atoms with E-state index in [0.29, 0.717) is 38.0 Å². The Morgan fingerprint density at radius 1 is 1.10 bits per heavy atom. The molecular weight excluding hydrogens is 588 g/mol. The van der Waals surface area contributed by atoms with Crippen LogP contribution >= 0.6 is 34.7 Å². The van der Waals surface area contributed by atoms with Crippen molar-refractivity contribution in [2.75, 3.05) is 37.8 Å². The van der Waals surface area contributed by atoms with E-state index in [1.807, 2.05) is 13.1 Å². The smallest absolute Gasteiger partial charge is 0.328 e. The number of aromatic nitrogens is 2. The highest BCUT2D eigenvalue weighted by Crippen LogP contribution is 2.43. The van der Waals surface area contributed by atoms with Crippen LogP contribution in [0.1, 0.15) is 26.4 Å². The van der Waals surface area contributed by atoms with E-state index in [0.717, 1.165) is 42.4 Å². The van der Waals surface area contributed by atoms with E-state index in [4.69, 9.17) is 11.6 Å². The van der Waals surface area contributed by atoms with Crippen LogP contribution in [0.15, 0.2) is 29.3 Å². The maximum Gasteiger partial charge on any atom is 0.420 e. The standard InChI is InChI=1S/C24H20ClF6N5OS2/c1-35-3-2-12-7-16(15(25)6-13(12)10-35)33-22-32-9-14(24(29,30)31)19(34-22)17-8-18-20(39-17)21(37)36(4-5-38-18)11-23(26,27)28/h6-9H,2-5,10-11H2,1H3,(H,32,33,34). The molecule has 0 saturated heterocycles. The fourth-order valence-corrected chi connectivity index (χ4v) is 6.99. The summed E-state index contributed by atoms with van der Waals surface area (Å²) in [5.41, 5.74) is 0.919. The molecule has 1 N–H and O–H groups in total. The van der Waals surface area contributed by atoms with Gasteiger partial charge in [-0.05, 0) is 42.8 Å². The Morgan fingerprint density at radius 3 is 2.59 bits per heavy atom. The molecule has 3 aromatic rings. The number of rotatable bonds is 4. The van der Waals surface area contributed by atoms with E-state index in [1.54, 1.807) is 6.07 Å². The second-order valence-corrected chi connectivity index (χ2v) is 11.8. The molecule has 2 aliphatic heterocycles. The summed E-state index contributed by atoms with van der Waals surface area (Å²) in [6, 6.07) is 4.98. The molecule has 2 aliphatic rings. The van der Waals surface area contributed by atoms with Gasteiger partial charge < -0.3 is 15.1 Å². The second kappa shape index (κ2) is 10.5. The maximum absolute atomic E-state index is 13.9. The lowest BCUT2D eigenvalue weighted by molar-refractivity contribution is -0.140. The van der Waals surface area contributed by atoms with Gasteiger partial charge in [0.2, 0.25) is 5.95 Å². The van der Waals surface area contributed by atoms with Crippen LogP contribution in [-0.4, -0.2) is 64.3 Å². The number of nitrogens with one attached hydrogen (secondary N) is 1. The van der Waals surface area contributed by atoms with Gasteiger partial charge >= 0.3 is 12.4 Å². The van der Waals surface area contributed by atoms with Crippen molar-refractivity contribution < 1.29 is 31.1 Å². The van der Waals surface area contributed by atoms with Crippen LogP contribution in [-0.2, 0) is 19.1 Å². The fourth-order valence-electron chi connectivity index (χ4n) is 4.40. The van der Waals surface area contributed by atoms with E-state index >= 15 is 0 Å². The molecule has 0 aliphatic carbocycles. The Bertz CT molecular complexity index is 1430. The van der Waals surface area contributed by atoms with Gasteiger partial charge in [0.1, 0.15) is 17.0 Å². The zero-order valence-corrected chi connectivity index (χ0v) is 22.6. The number of hydrogen-bond acceptors (Lipinski definition) is 7. The Morgan fingerprint density at radius 2 is 1.87 bits per heavy atom. The minimum Gasteiger partial charge on any atom is -0.328 e. The van der Waals surface area contributed by atoms with Gasteiger partial charge in [0.05, 0.1) is 21.3 Å². The number of carbonyl (C=O) groups excluding carboxylic acids is 1. The molecule has 0 fully saturated rings.